The van der Waals surface area contributed by atoms with Crippen LogP contribution in [0, 0.1) is 6.92 Å². The van der Waals surface area contributed by atoms with E-state index in [9.17, 15) is 14.4 Å². The molecule has 3 heterocycles. The van der Waals surface area contributed by atoms with Crippen LogP contribution in [0.25, 0.3) is 11.0 Å². The summed E-state index contributed by atoms with van der Waals surface area (Å²) in [6, 6.07) is 15.9. The number of anilines is 2. The van der Waals surface area contributed by atoms with E-state index in [1.807, 2.05) is 31.2 Å². The third-order valence-electron chi connectivity index (χ3n) is 6.92. The maximum absolute atomic E-state index is 13.1. The number of benzene rings is 2. The highest BCUT2D eigenvalue weighted by Crippen LogP contribution is 2.21. The van der Waals surface area contributed by atoms with Crippen LogP contribution in [0.1, 0.15) is 42.3 Å². The Morgan fingerprint density at radius 2 is 1.64 bits per heavy atom. The normalized spacial score (nSPS) is 14.3. The van der Waals surface area contributed by atoms with Crippen molar-refractivity contribution in [1.29, 1.82) is 0 Å². The summed E-state index contributed by atoms with van der Waals surface area (Å²) in [6.45, 7) is 6.86. The highest BCUT2D eigenvalue weighted by Gasteiger charge is 2.16. The predicted molar refractivity (Wildman–Crippen MR) is 149 cm³/mol. The number of likely N-dealkylation sites (N-methyl/N-ethyl adjacent to an activating group) is 1. The number of aryl methyl sites for hydroxylation is 1. The molecule has 200 valence electrons. The number of rotatable bonds is 7. The number of H-pyrrole nitrogens is 1. The second kappa shape index (κ2) is 11.1. The number of carbonyl (C=O) groups excluding carboxylic acids is 2. The fraction of sp³-hybridized carbons (Fsp3) is 0.241. The molecule has 0 radical (unpaired) electrons. The van der Waals surface area contributed by atoms with Crippen LogP contribution < -0.4 is 10.6 Å². The number of hydrogen-bond acceptors (Lipinski definition) is 6. The van der Waals surface area contributed by atoms with E-state index in [1.165, 1.54) is 12.3 Å². The minimum atomic E-state index is -1.09. The van der Waals surface area contributed by atoms with E-state index in [1.54, 1.807) is 24.3 Å². The lowest BCUT2D eigenvalue weighted by Crippen LogP contribution is -2.43. The summed E-state index contributed by atoms with van der Waals surface area (Å²) in [7, 11) is 2.13. The first-order chi connectivity index (χ1) is 18.7. The van der Waals surface area contributed by atoms with E-state index in [0.717, 1.165) is 43.9 Å². The Balaban J connectivity index is 1.23. The lowest BCUT2D eigenvalue weighted by molar-refractivity contribution is 0.0691. The molecule has 10 nitrogen and oxygen atoms in total. The Hall–Kier alpha value is -4.54. The Bertz CT molecular complexity index is 1540. The molecule has 0 spiro atoms. The van der Waals surface area contributed by atoms with Gasteiger partial charge < -0.3 is 25.6 Å². The average molecular weight is 527 g/mol. The first-order valence-electron chi connectivity index (χ1n) is 12.7. The number of pyridine rings is 1. The fourth-order valence-corrected chi connectivity index (χ4v) is 4.57. The summed E-state index contributed by atoms with van der Waals surface area (Å²) in [6.07, 6.45) is 1.46. The van der Waals surface area contributed by atoms with Gasteiger partial charge in [0.05, 0.1) is 11.9 Å². The van der Waals surface area contributed by atoms with Crippen LogP contribution in [0.5, 0.6) is 0 Å². The molecule has 4 N–H and O–H groups in total. The van der Waals surface area contributed by atoms with Gasteiger partial charge in [-0.2, -0.15) is 0 Å². The second-order valence-electron chi connectivity index (χ2n) is 9.86. The number of nitrogens with one attached hydrogen (secondary N) is 3. The molecule has 39 heavy (non-hydrogen) atoms. The molecule has 0 aliphatic carbocycles. The van der Waals surface area contributed by atoms with Crippen molar-refractivity contribution < 1.29 is 19.5 Å². The third kappa shape index (κ3) is 6.14. The van der Waals surface area contributed by atoms with Gasteiger partial charge in [0.25, 0.3) is 11.8 Å². The number of piperazine rings is 1. The Labute approximate surface area is 225 Å². The molecule has 2 aromatic carbocycles. The van der Waals surface area contributed by atoms with E-state index in [4.69, 9.17) is 5.11 Å². The van der Waals surface area contributed by atoms with Crippen molar-refractivity contribution >= 4 is 40.2 Å². The number of amides is 2. The van der Waals surface area contributed by atoms with E-state index in [0.29, 0.717) is 33.5 Å². The zero-order chi connectivity index (χ0) is 27.5. The van der Waals surface area contributed by atoms with Gasteiger partial charge >= 0.3 is 5.97 Å². The standard InChI is InChI=1S/C29H30N6O4/c1-18-3-8-22(31-27(36)20-6-4-19(5-7-20)17-35-11-9-34(2)10-12-35)15-24(18)28(37)32-23-13-21-14-25(29(38)39)33-26(21)30-16-23/h3-8,13-16H,9-12,17H2,1-2H3,(H,30,33)(H,31,36)(H,32,37)(H,38,39). The molecule has 4 aromatic rings. The maximum atomic E-state index is 13.1. The minimum Gasteiger partial charge on any atom is -0.477 e. The number of carboxylic acid groups (broad SMARTS) is 1. The average Bonchev–Trinajstić information content (AvgIpc) is 3.35. The summed E-state index contributed by atoms with van der Waals surface area (Å²) < 4.78 is 0. The van der Waals surface area contributed by atoms with E-state index < -0.39 is 5.97 Å². The third-order valence-corrected chi connectivity index (χ3v) is 6.92. The van der Waals surface area contributed by atoms with Crippen LogP contribution >= 0.6 is 0 Å². The molecule has 1 fully saturated rings. The summed E-state index contributed by atoms with van der Waals surface area (Å²) in [5.41, 5.74) is 4.20. The molecule has 2 amide bonds. The van der Waals surface area contributed by atoms with Crippen molar-refractivity contribution in [3.63, 3.8) is 0 Å². The Kier molecular flexibility index (Phi) is 7.40. The first-order valence-corrected chi connectivity index (χ1v) is 12.7. The van der Waals surface area contributed by atoms with Crippen molar-refractivity contribution in [1.82, 2.24) is 19.8 Å². The number of hydrogen-bond donors (Lipinski definition) is 4. The smallest absolute Gasteiger partial charge is 0.352 e. The van der Waals surface area contributed by atoms with Gasteiger partial charge in [-0.05, 0) is 61.5 Å². The topological polar surface area (TPSA) is 131 Å². The van der Waals surface area contributed by atoms with Crippen LogP contribution in [0.2, 0.25) is 0 Å². The quantitative estimate of drug-likeness (QED) is 0.288. The number of carboxylic acids is 1. The molecule has 0 saturated carbocycles. The van der Waals surface area contributed by atoms with Gasteiger partial charge in [0, 0.05) is 54.9 Å². The number of fused-ring (bicyclic) bond motifs is 1. The molecule has 1 aliphatic rings. The molecule has 2 aromatic heterocycles. The lowest BCUT2D eigenvalue weighted by atomic mass is 10.1. The van der Waals surface area contributed by atoms with Crippen LogP contribution in [0.4, 0.5) is 11.4 Å². The summed E-state index contributed by atoms with van der Waals surface area (Å²) in [4.78, 5) is 48.8. The van der Waals surface area contributed by atoms with Gasteiger partial charge in [-0.1, -0.05) is 18.2 Å². The maximum Gasteiger partial charge on any atom is 0.352 e. The lowest BCUT2D eigenvalue weighted by Gasteiger charge is -2.32. The van der Waals surface area contributed by atoms with Crippen LogP contribution in [0.15, 0.2) is 60.8 Å². The fourth-order valence-electron chi connectivity index (χ4n) is 4.57. The molecular formula is C29H30N6O4. The molecule has 5 rings (SSSR count). The minimum absolute atomic E-state index is 0.0185. The number of carbonyl (C=O) groups is 3. The van der Waals surface area contributed by atoms with Crippen LogP contribution in [-0.4, -0.2) is 75.9 Å². The zero-order valence-electron chi connectivity index (χ0n) is 21.8. The van der Waals surface area contributed by atoms with Crippen molar-refractivity contribution in [3.05, 3.63) is 88.7 Å². The SMILES string of the molecule is Cc1ccc(NC(=O)c2ccc(CN3CCN(C)CC3)cc2)cc1C(=O)Nc1cnc2[nH]c(C(=O)O)cc2c1. The van der Waals surface area contributed by atoms with Gasteiger partial charge in [0.15, 0.2) is 0 Å². The number of aromatic amines is 1. The summed E-state index contributed by atoms with van der Waals surface area (Å²) in [5.74, 6) is -1.71. The monoisotopic (exact) mass is 526 g/mol. The molecule has 1 saturated heterocycles. The van der Waals surface area contributed by atoms with Crippen LogP contribution in [0.3, 0.4) is 0 Å². The van der Waals surface area contributed by atoms with Crippen molar-refractivity contribution in [2.75, 3.05) is 43.9 Å². The van der Waals surface area contributed by atoms with Crippen molar-refractivity contribution in [3.8, 4) is 0 Å². The summed E-state index contributed by atoms with van der Waals surface area (Å²) in [5, 5.41) is 15.4. The number of nitrogens with zero attached hydrogens (tertiary/aromatic N) is 3. The van der Waals surface area contributed by atoms with Crippen molar-refractivity contribution in [2.24, 2.45) is 0 Å². The van der Waals surface area contributed by atoms with Gasteiger partial charge in [0.2, 0.25) is 0 Å². The molecule has 0 atom stereocenters. The largest absolute Gasteiger partial charge is 0.477 e. The first kappa shape index (κ1) is 26.1. The van der Waals surface area contributed by atoms with Gasteiger partial charge in [-0.25, -0.2) is 9.78 Å². The highest BCUT2D eigenvalue weighted by atomic mass is 16.4. The number of aromatic carboxylic acids is 1. The highest BCUT2D eigenvalue weighted by molar-refractivity contribution is 6.08. The van der Waals surface area contributed by atoms with E-state index in [2.05, 4.69) is 37.4 Å². The van der Waals surface area contributed by atoms with Crippen LogP contribution in [-0.2, 0) is 6.54 Å². The van der Waals surface area contributed by atoms with Crippen molar-refractivity contribution in [2.45, 2.75) is 13.5 Å². The molecule has 0 unspecified atom stereocenters. The number of aromatic nitrogens is 2. The van der Waals surface area contributed by atoms with Gasteiger partial charge in [0.1, 0.15) is 11.3 Å². The Morgan fingerprint density at radius 3 is 2.36 bits per heavy atom. The van der Waals surface area contributed by atoms with Gasteiger partial charge in [-0.15, -0.1) is 0 Å². The molecule has 1 aliphatic heterocycles. The summed E-state index contributed by atoms with van der Waals surface area (Å²) >= 11 is 0. The van der Waals surface area contributed by atoms with E-state index >= 15 is 0 Å². The second-order valence-corrected chi connectivity index (χ2v) is 9.86. The molecular weight excluding hydrogens is 496 g/mol. The van der Waals surface area contributed by atoms with Gasteiger partial charge in [-0.3, -0.25) is 14.5 Å². The molecule has 10 heteroatoms. The predicted octanol–water partition coefficient (Wildman–Crippen LogP) is 3.82. The Morgan fingerprint density at radius 1 is 0.923 bits per heavy atom. The molecule has 0 bridgehead atoms. The van der Waals surface area contributed by atoms with E-state index in [-0.39, 0.29) is 17.5 Å². The zero-order valence-corrected chi connectivity index (χ0v) is 21.8.